The van der Waals surface area contributed by atoms with Crippen molar-refractivity contribution in [2.24, 2.45) is 11.8 Å². The van der Waals surface area contributed by atoms with Gasteiger partial charge in [-0.3, -0.25) is 37.3 Å². The Morgan fingerprint density at radius 2 is 0.545 bits per heavy atom. The van der Waals surface area contributed by atoms with Crippen molar-refractivity contribution in [3.63, 3.8) is 0 Å². The van der Waals surface area contributed by atoms with Crippen LogP contribution in [0.25, 0.3) is 0 Å². The summed E-state index contributed by atoms with van der Waals surface area (Å²) in [6.07, 6.45) is 63.3. The zero-order valence-corrected chi connectivity index (χ0v) is 66.1. The largest absolute Gasteiger partial charge is 0.472 e. The molecule has 0 rings (SSSR count). The van der Waals surface area contributed by atoms with Crippen LogP contribution in [0, 0.1) is 11.8 Å². The second kappa shape index (κ2) is 71.2. The van der Waals surface area contributed by atoms with E-state index < -0.39 is 97.5 Å². The van der Waals surface area contributed by atoms with Crippen molar-refractivity contribution < 1.29 is 80.2 Å². The van der Waals surface area contributed by atoms with E-state index in [-0.39, 0.29) is 25.7 Å². The number of unbranched alkanes of at least 4 members (excludes halogenated alkanes) is 44. The van der Waals surface area contributed by atoms with Gasteiger partial charge in [0.2, 0.25) is 0 Å². The van der Waals surface area contributed by atoms with E-state index in [1.54, 1.807) is 0 Å². The number of carbonyl (C=O) groups is 4. The summed E-state index contributed by atoms with van der Waals surface area (Å²) in [5, 5.41) is 10.6. The quantitative estimate of drug-likeness (QED) is 0.0169. The molecule has 0 aliphatic heterocycles. The second-order valence-corrected chi connectivity index (χ2v) is 32.0. The lowest BCUT2D eigenvalue weighted by Gasteiger charge is -2.21. The zero-order valence-electron chi connectivity index (χ0n) is 64.3. The number of phosphoric ester groups is 2. The Bertz CT molecular complexity index is 2000. The molecule has 0 saturated heterocycles. The van der Waals surface area contributed by atoms with Gasteiger partial charge in [-0.05, 0) is 63.2 Å². The third-order valence-corrected chi connectivity index (χ3v) is 20.0. The van der Waals surface area contributed by atoms with E-state index in [9.17, 15) is 43.2 Å². The lowest BCUT2D eigenvalue weighted by Crippen LogP contribution is -2.30. The number of aliphatic hydroxyl groups is 1. The zero-order chi connectivity index (χ0) is 72.8. The number of hydrogen-bond acceptors (Lipinski definition) is 15. The molecule has 2 unspecified atom stereocenters. The van der Waals surface area contributed by atoms with E-state index >= 15 is 0 Å². The van der Waals surface area contributed by atoms with Crippen LogP contribution in [-0.2, 0) is 65.4 Å². The highest BCUT2D eigenvalue weighted by atomic mass is 31.2. The van der Waals surface area contributed by atoms with Crippen molar-refractivity contribution in [3.05, 3.63) is 24.3 Å². The first-order valence-corrected chi connectivity index (χ1v) is 43.8. The molecule has 17 nitrogen and oxygen atoms in total. The number of phosphoric acid groups is 2. The van der Waals surface area contributed by atoms with Crippen LogP contribution in [0.2, 0.25) is 0 Å². The minimum Gasteiger partial charge on any atom is -0.462 e. The van der Waals surface area contributed by atoms with Crippen LogP contribution in [0.3, 0.4) is 0 Å². The highest BCUT2D eigenvalue weighted by molar-refractivity contribution is 7.47. The fourth-order valence-corrected chi connectivity index (χ4v) is 13.4. The van der Waals surface area contributed by atoms with Crippen molar-refractivity contribution in [3.8, 4) is 0 Å². The second-order valence-electron chi connectivity index (χ2n) is 29.1. The molecule has 0 aromatic heterocycles. The number of allylic oxidation sites excluding steroid dienone is 4. The lowest BCUT2D eigenvalue weighted by atomic mass is 10.0. The summed E-state index contributed by atoms with van der Waals surface area (Å²) < 4.78 is 68.6. The van der Waals surface area contributed by atoms with Crippen LogP contribution >= 0.6 is 15.6 Å². The average molecular weight is 1450 g/mol. The molecule has 3 N–H and O–H groups in total. The molecule has 0 bridgehead atoms. The molecule has 0 radical (unpaired) electrons. The van der Waals surface area contributed by atoms with Gasteiger partial charge in [0, 0.05) is 25.7 Å². The van der Waals surface area contributed by atoms with Gasteiger partial charge in [-0.25, -0.2) is 9.13 Å². The highest BCUT2D eigenvalue weighted by Gasteiger charge is 2.30. The third kappa shape index (κ3) is 73.6. The number of carbonyl (C=O) groups excluding carboxylic acids is 4. The van der Waals surface area contributed by atoms with E-state index in [1.165, 1.54) is 193 Å². The Morgan fingerprint density at radius 3 is 0.828 bits per heavy atom. The van der Waals surface area contributed by atoms with Crippen LogP contribution in [0.4, 0.5) is 0 Å². The summed E-state index contributed by atoms with van der Waals surface area (Å²) in [6, 6.07) is 0. The maximum absolute atomic E-state index is 13.1. The van der Waals surface area contributed by atoms with Crippen LogP contribution < -0.4 is 0 Å². The number of rotatable bonds is 77. The van der Waals surface area contributed by atoms with Gasteiger partial charge in [0.25, 0.3) is 0 Å². The fraction of sp³-hybridized carbons (Fsp3) is 0.900. The smallest absolute Gasteiger partial charge is 0.462 e. The van der Waals surface area contributed by atoms with Gasteiger partial charge >= 0.3 is 39.5 Å². The molecule has 0 fully saturated rings. The predicted molar refractivity (Wildman–Crippen MR) is 404 cm³/mol. The van der Waals surface area contributed by atoms with E-state index in [4.69, 9.17) is 37.0 Å². The topological polar surface area (TPSA) is 237 Å². The maximum atomic E-state index is 13.1. The Labute approximate surface area is 605 Å². The molecule has 0 aliphatic carbocycles. The molecule has 99 heavy (non-hydrogen) atoms. The summed E-state index contributed by atoms with van der Waals surface area (Å²) >= 11 is 0. The van der Waals surface area contributed by atoms with Crippen molar-refractivity contribution >= 4 is 39.5 Å². The molecule has 5 atom stereocenters. The number of ether oxygens (including phenoxy) is 4. The number of hydrogen-bond donors (Lipinski definition) is 3. The lowest BCUT2D eigenvalue weighted by molar-refractivity contribution is -0.161. The van der Waals surface area contributed by atoms with Gasteiger partial charge in [0.1, 0.15) is 19.3 Å². The van der Waals surface area contributed by atoms with Gasteiger partial charge < -0.3 is 33.8 Å². The fourth-order valence-electron chi connectivity index (χ4n) is 11.8. The van der Waals surface area contributed by atoms with Crippen molar-refractivity contribution in [1.82, 2.24) is 0 Å². The van der Waals surface area contributed by atoms with Gasteiger partial charge in [-0.15, -0.1) is 0 Å². The summed E-state index contributed by atoms with van der Waals surface area (Å²) in [7, 11) is -9.93. The summed E-state index contributed by atoms with van der Waals surface area (Å²) in [6.45, 7) is 9.53. The molecule has 0 aromatic carbocycles. The first kappa shape index (κ1) is 96.5. The molecule has 0 saturated carbocycles. The molecule has 19 heteroatoms. The molecule has 0 spiro atoms. The van der Waals surface area contributed by atoms with Crippen LogP contribution in [0.5, 0.6) is 0 Å². The molecular formula is C80H152O17P2. The standard InChI is InChI=1S/C80H152O17P2/c1-7-9-11-13-15-17-19-21-23-24-25-26-28-30-32-39-46-52-58-64-79(84)96-75(68-90-77(82)62-56-50-44-38-31-29-27-22-20-18-16-14-12-10-8-2)70-94-98(86,87)92-66-74(81)67-93-99(88,89)95-71-76(69-91-78(83)63-57-51-45-41-35-37-43-49-55-61-73(5)6)97-80(85)65-59-53-47-40-34-33-36-42-48-54-60-72(3)4/h18,20,22,27,72-76,81H,7-17,19,21,23-26,28-71H2,1-6H3,(H,86,87)(H,88,89)/b20-18-,27-22-/t74-,75-,76-/m1/s1. The van der Waals surface area contributed by atoms with E-state index in [0.29, 0.717) is 25.7 Å². The van der Waals surface area contributed by atoms with Crippen LogP contribution in [0.15, 0.2) is 24.3 Å². The predicted octanol–water partition coefficient (Wildman–Crippen LogP) is 23.4. The van der Waals surface area contributed by atoms with Crippen molar-refractivity contribution in [2.45, 2.75) is 413 Å². The molecule has 0 aromatic rings. The van der Waals surface area contributed by atoms with Crippen LogP contribution in [-0.4, -0.2) is 96.7 Å². The average Bonchev–Trinajstić information content (AvgIpc) is 1.00. The molecule has 584 valence electrons. The minimum absolute atomic E-state index is 0.102. The number of aliphatic hydroxyl groups excluding tert-OH is 1. The third-order valence-electron chi connectivity index (χ3n) is 18.1. The van der Waals surface area contributed by atoms with E-state index in [0.717, 1.165) is 121 Å². The normalized spacial score (nSPS) is 14.1. The molecular weight excluding hydrogens is 1290 g/mol. The van der Waals surface area contributed by atoms with E-state index in [2.05, 4.69) is 65.8 Å². The summed E-state index contributed by atoms with van der Waals surface area (Å²) in [5.41, 5.74) is 0. The highest BCUT2D eigenvalue weighted by Crippen LogP contribution is 2.45. The van der Waals surface area contributed by atoms with Gasteiger partial charge in [-0.2, -0.15) is 0 Å². The SMILES string of the molecule is CCCCCC/C=C\C=C/CCCCCCCC(=O)OC[C@H](COP(=O)(O)OC[C@@H](O)COP(=O)(O)OC[C@@H](COC(=O)CCCCCCCCCCCC(C)C)OC(=O)CCCCCCCCCCCCC(C)C)OC(=O)CCCCCCCCCCCCCCCCCCCCC. The van der Waals surface area contributed by atoms with Crippen molar-refractivity contribution in [1.29, 1.82) is 0 Å². The Hall–Kier alpha value is -2.46. The summed E-state index contributed by atoms with van der Waals surface area (Å²) in [4.78, 5) is 73.0. The van der Waals surface area contributed by atoms with E-state index in [1.807, 2.05) is 0 Å². The molecule has 0 aliphatic rings. The Balaban J connectivity index is 5.28. The first-order chi connectivity index (χ1) is 47.9. The first-order valence-electron chi connectivity index (χ1n) is 40.8. The van der Waals surface area contributed by atoms with Crippen LogP contribution in [0.1, 0.15) is 395 Å². The number of esters is 4. The van der Waals surface area contributed by atoms with Gasteiger partial charge in [0.05, 0.1) is 26.4 Å². The van der Waals surface area contributed by atoms with Crippen molar-refractivity contribution in [2.75, 3.05) is 39.6 Å². The van der Waals surface area contributed by atoms with Gasteiger partial charge in [0.15, 0.2) is 12.2 Å². The monoisotopic (exact) mass is 1450 g/mol. The Kier molecular flexibility index (Phi) is 69.4. The molecule has 0 amide bonds. The Morgan fingerprint density at radius 1 is 0.313 bits per heavy atom. The minimum atomic E-state index is -4.97. The maximum Gasteiger partial charge on any atom is 0.472 e. The molecule has 0 heterocycles. The summed E-state index contributed by atoms with van der Waals surface area (Å²) in [5.74, 6) is -0.648. The van der Waals surface area contributed by atoms with Gasteiger partial charge in [-0.1, -0.05) is 342 Å².